The first kappa shape index (κ1) is 23.5. The maximum atomic E-state index is 12.8. The van der Waals surface area contributed by atoms with E-state index in [1.807, 2.05) is 23.3 Å². The summed E-state index contributed by atoms with van der Waals surface area (Å²) in [6, 6.07) is 21.1. The van der Waals surface area contributed by atoms with Gasteiger partial charge in [0.05, 0.1) is 11.5 Å². The van der Waals surface area contributed by atoms with E-state index in [1.165, 1.54) is 11.1 Å². The van der Waals surface area contributed by atoms with Crippen molar-refractivity contribution in [1.29, 1.82) is 0 Å². The number of amides is 1. The monoisotopic (exact) mass is 462 g/mol. The maximum Gasteiger partial charge on any atom is 0.264 e. The van der Waals surface area contributed by atoms with E-state index in [4.69, 9.17) is 4.74 Å². The highest BCUT2D eigenvalue weighted by molar-refractivity contribution is 7.12. The smallest absolute Gasteiger partial charge is 0.264 e. The summed E-state index contributed by atoms with van der Waals surface area (Å²) in [5.41, 5.74) is 3.74. The highest BCUT2D eigenvalue weighted by Crippen LogP contribution is 2.24. The van der Waals surface area contributed by atoms with Crippen LogP contribution < -0.4 is 4.74 Å². The number of carbonyl (C=O) groups excluding carboxylic acids is 1. The molecule has 0 N–H and O–H groups in total. The molecular formula is C28H34N2O2S. The molecular weight excluding hydrogens is 428 g/mol. The zero-order valence-electron chi connectivity index (χ0n) is 19.7. The Labute approximate surface area is 201 Å². The van der Waals surface area contributed by atoms with E-state index in [0.717, 1.165) is 61.6 Å². The standard InChI is InChI=1S/C28H34N2O2S/c1-22-15-18-33-27(22)28(31)30-16-6-9-25(20-30)21-32-26-12-10-24(11-13-26)19-29(2)17-14-23-7-4-3-5-8-23/h3-5,7-8,10-13,15,18,25H,6,9,14,16-17,19-21H2,1-2H3. The molecule has 0 spiro atoms. The first-order chi connectivity index (χ1) is 16.1. The van der Waals surface area contributed by atoms with Gasteiger partial charge >= 0.3 is 0 Å². The summed E-state index contributed by atoms with van der Waals surface area (Å²) >= 11 is 1.54. The molecule has 0 radical (unpaired) electrons. The summed E-state index contributed by atoms with van der Waals surface area (Å²) < 4.78 is 6.10. The largest absolute Gasteiger partial charge is 0.493 e. The molecule has 5 heteroatoms. The lowest BCUT2D eigenvalue weighted by Gasteiger charge is -2.32. The number of likely N-dealkylation sites (N-methyl/N-ethyl adjacent to an activating group) is 1. The van der Waals surface area contributed by atoms with Crippen LogP contribution in [0.1, 0.15) is 39.2 Å². The Kier molecular flexibility index (Phi) is 8.19. The van der Waals surface area contributed by atoms with Crippen molar-refractivity contribution in [3.8, 4) is 5.75 Å². The molecule has 0 aliphatic carbocycles. The van der Waals surface area contributed by atoms with Crippen molar-refractivity contribution >= 4 is 17.2 Å². The maximum absolute atomic E-state index is 12.8. The van der Waals surface area contributed by atoms with Crippen molar-refractivity contribution in [3.63, 3.8) is 0 Å². The molecule has 4 rings (SSSR count). The molecule has 2 aromatic carbocycles. The molecule has 1 fully saturated rings. The SMILES string of the molecule is Cc1ccsc1C(=O)N1CCCC(COc2ccc(CN(C)CCc3ccccc3)cc2)C1. The third-order valence-electron chi connectivity index (χ3n) is 6.35. The minimum Gasteiger partial charge on any atom is -0.493 e. The van der Waals surface area contributed by atoms with Crippen LogP contribution in [0.3, 0.4) is 0 Å². The molecule has 1 aliphatic heterocycles. The van der Waals surface area contributed by atoms with E-state index in [-0.39, 0.29) is 5.91 Å². The molecule has 1 atom stereocenters. The van der Waals surface area contributed by atoms with Gasteiger partial charge in [-0.2, -0.15) is 0 Å². The second-order valence-electron chi connectivity index (χ2n) is 9.12. The van der Waals surface area contributed by atoms with Crippen LogP contribution in [0, 0.1) is 12.8 Å². The van der Waals surface area contributed by atoms with Gasteiger partial charge in [0.1, 0.15) is 5.75 Å². The van der Waals surface area contributed by atoms with Gasteiger partial charge in [-0.3, -0.25) is 4.79 Å². The number of hydrogen-bond donors (Lipinski definition) is 0. The van der Waals surface area contributed by atoms with Crippen LogP contribution in [0.4, 0.5) is 0 Å². The third-order valence-corrected chi connectivity index (χ3v) is 7.35. The zero-order chi connectivity index (χ0) is 23.0. The Hall–Kier alpha value is -2.63. The summed E-state index contributed by atoms with van der Waals surface area (Å²) in [5, 5.41) is 2.00. The van der Waals surface area contributed by atoms with Crippen molar-refractivity contribution in [2.45, 2.75) is 32.7 Å². The van der Waals surface area contributed by atoms with E-state index in [2.05, 4.69) is 66.5 Å². The van der Waals surface area contributed by atoms with Gasteiger partial charge in [0.25, 0.3) is 5.91 Å². The van der Waals surface area contributed by atoms with Crippen LogP contribution in [0.15, 0.2) is 66.0 Å². The summed E-state index contributed by atoms with van der Waals surface area (Å²) in [5.74, 6) is 1.46. The molecule has 33 heavy (non-hydrogen) atoms. The molecule has 4 nitrogen and oxygen atoms in total. The lowest BCUT2D eigenvalue weighted by Crippen LogP contribution is -2.41. The summed E-state index contributed by atoms with van der Waals surface area (Å²) in [6.45, 7) is 6.25. The fraction of sp³-hybridized carbons (Fsp3) is 0.393. The van der Waals surface area contributed by atoms with E-state index < -0.39 is 0 Å². The van der Waals surface area contributed by atoms with Gasteiger partial charge in [-0.25, -0.2) is 0 Å². The first-order valence-corrected chi connectivity index (χ1v) is 12.7. The molecule has 1 aliphatic rings. The second kappa shape index (κ2) is 11.5. The zero-order valence-corrected chi connectivity index (χ0v) is 20.5. The van der Waals surface area contributed by atoms with Gasteiger partial charge in [-0.1, -0.05) is 42.5 Å². The molecule has 3 aromatic rings. The van der Waals surface area contributed by atoms with E-state index >= 15 is 0 Å². The molecule has 0 bridgehead atoms. The van der Waals surface area contributed by atoms with Gasteiger partial charge in [-0.05, 0) is 73.5 Å². The number of hydrogen-bond acceptors (Lipinski definition) is 4. The molecule has 174 valence electrons. The van der Waals surface area contributed by atoms with Crippen molar-refractivity contribution < 1.29 is 9.53 Å². The van der Waals surface area contributed by atoms with Crippen LogP contribution >= 0.6 is 11.3 Å². The van der Waals surface area contributed by atoms with E-state index in [9.17, 15) is 4.79 Å². The number of carbonyl (C=O) groups is 1. The van der Waals surface area contributed by atoms with Crippen molar-refractivity contribution in [2.24, 2.45) is 5.92 Å². The van der Waals surface area contributed by atoms with Crippen LogP contribution in [-0.4, -0.2) is 49.0 Å². The number of aryl methyl sites for hydroxylation is 1. The molecule has 1 aromatic heterocycles. The fourth-order valence-electron chi connectivity index (χ4n) is 4.38. The van der Waals surface area contributed by atoms with Crippen LogP contribution in [0.5, 0.6) is 5.75 Å². The molecule has 1 saturated heterocycles. The summed E-state index contributed by atoms with van der Waals surface area (Å²) in [4.78, 5) is 18.1. The quantitative estimate of drug-likeness (QED) is 0.411. The van der Waals surface area contributed by atoms with Gasteiger partial charge in [0.2, 0.25) is 0 Å². The molecule has 1 unspecified atom stereocenters. The molecule has 2 heterocycles. The minimum atomic E-state index is 0.174. The van der Waals surface area contributed by atoms with Gasteiger partial charge in [0.15, 0.2) is 0 Å². The summed E-state index contributed by atoms with van der Waals surface area (Å²) in [6.07, 6.45) is 3.21. The first-order valence-electron chi connectivity index (χ1n) is 11.9. The van der Waals surface area contributed by atoms with E-state index in [0.29, 0.717) is 12.5 Å². The van der Waals surface area contributed by atoms with Crippen LogP contribution in [-0.2, 0) is 13.0 Å². The minimum absolute atomic E-state index is 0.174. The lowest BCUT2D eigenvalue weighted by molar-refractivity contribution is 0.0637. The highest BCUT2D eigenvalue weighted by Gasteiger charge is 2.26. The van der Waals surface area contributed by atoms with E-state index in [1.54, 1.807) is 11.3 Å². The number of rotatable bonds is 9. The second-order valence-corrected chi connectivity index (χ2v) is 10.0. The summed E-state index contributed by atoms with van der Waals surface area (Å²) in [7, 11) is 2.17. The molecule has 0 saturated carbocycles. The van der Waals surface area contributed by atoms with Crippen molar-refractivity contribution in [2.75, 3.05) is 33.3 Å². The van der Waals surface area contributed by atoms with Crippen molar-refractivity contribution in [1.82, 2.24) is 9.80 Å². The van der Waals surface area contributed by atoms with Gasteiger partial charge < -0.3 is 14.5 Å². The number of ether oxygens (including phenoxy) is 1. The predicted octanol–water partition coefficient (Wildman–Crippen LogP) is 5.66. The Morgan fingerprint density at radius 2 is 1.88 bits per heavy atom. The Bertz CT molecular complexity index is 1020. The van der Waals surface area contributed by atoms with Crippen molar-refractivity contribution in [3.05, 3.63) is 87.6 Å². The van der Waals surface area contributed by atoms with Gasteiger partial charge in [0, 0.05) is 32.1 Å². The average molecular weight is 463 g/mol. The third kappa shape index (κ3) is 6.68. The normalized spacial score (nSPS) is 16.2. The van der Waals surface area contributed by atoms with Crippen LogP contribution in [0.2, 0.25) is 0 Å². The average Bonchev–Trinajstić information content (AvgIpc) is 3.28. The molecule has 1 amide bonds. The predicted molar refractivity (Wildman–Crippen MR) is 136 cm³/mol. The number of likely N-dealkylation sites (tertiary alicyclic amines) is 1. The van der Waals surface area contributed by atoms with Gasteiger partial charge in [-0.15, -0.1) is 11.3 Å². The fourth-order valence-corrected chi connectivity index (χ4v) is 5.27. The number of nitrogens with zero attached hydrogens (tertiary/aromatic N) is 2. The number of thiophene rings is 1. The Morgan fingerprint density at radius 3 is 2.61 bits per heavy atom. The lowest BCUT2D eigenvalue weighted by atomic mass is 9.98. The topological polar surface area (TPSA) is 32.8 Å². The number of piperidine rings is 1. The Balaban J connectivity index is 1.22. The highest BCUT2D eigenvalue weighted by atomic mass is 32.1. The number of benzene rings is 2. The van der Waals surface area contributed by atoms with Crippen LogP contribution in [0.25, 0.3) is 0 Å². The Morgan fingerprint density at radius 1 is 1.09 bits per heavy atom.